The number of amides is 1. The molecule has 3 aromatic rings. The first-order chi connectivity index (χ1) is 13.4. The van der Waals surface area contributed by atoms with Crippen LogP contribution < -0.4 is 5.32 Å². The molecular formula is C17H12BrN3O5S2. The SMILES string of the molecule is O=C(COC(=O)CSc1nc2ccccc2s1)Nc1ccc([N+](=O)[O-])cc1Br. The summed E-state index contributed by atoms with van der Waals surface area (Å²) in [6.07, 6.45) is 0. The molecule has 8 nitrogen and oxygen atoms in total. The number of thiazole rings is 1. The molecule has 0 saturated heterocycles. The average Bonchev–Trinajstić information content (AvgIpc) is 3.09. The Morgan fingerprint density at radius 2 is 2.07 bits per heavy atom. The number of hydrogen-bond donors (Lipinski definition) is 1. The fourth-order valence-corrected chi connectivity index (χ4v) is 4.46. The van der Waals surface area contributed by atoms with Crippen LogP contribution in [0, 0.1) is 10.1 Å². The molecule has 0 atom stereocenters. The van der Waals surface area contributed by atoms with Crippen LogP contribution in [0.1, 0.15) is 0 Å². The monoisotopic (exact) mass is 481 g/mol. The molecule has 1 N–H and O–H groups in total. The maximum atomic E-state index is 11.9. The summed E-state index contributed by atoms with van der Waals surface area (Å²) in [6, 6.07) is 11.6. The second-order valence-corrected chi connectivity index (χ2v) is 8.47. The van der Waals surface area contributed by atoms with E-state index in [0.717, 1.165) is 14.6 Å². The van der Waals surface area contributed by atoms with Gasteiger partial charge in [0.1, 0.15) is 0 Å². The Bertz CT molecular complexity index is 1020. The van der Waals surface area contributed by atoms with Gasteiger partial charge in [0.15, 0.2) is 10.9 Å². The summed E-state index contributed by atoms with van der Waals surface area (Å²) in [4.78, 5) is 38.3. The van der Waals surface area contributed by atoms with Gasteiger partial charge in [0.2, 0.25) is 0 Å². The van der Waals surface area contributed by atoms with Gasteiger partial charge in [-0.1, -0.05) is 23.9 Å². The lowest BCUT2D eigenvalue weighted by Crippen LogP contribution is -2.21. The minimum absolute atomic E-state index is 0.0360. The van der Waals surface area contributed by atoms with E-state index in [0.29, 0.717) is 10.2 Å². The van der Waals surface area contributed by atoms with Crippen LogP contribution in [0.15, 0.2) is 51.3 Å². The largest absolute Gasteiger partial charge is 0.455 e. The predicted molar refractivity (Wildman–Crippen MR) is 111 cm³/mol. The number of carbonyl (C=O) groups is 2. The molecule has 0 unspecified atom stereocenters. The van der Waals surface area contributed by atoms with E-state index in [1.807, 2.05) is 24.3 Å². The lowest BCUT2D eigenvalue weighted by molar-refractivity contribution is -0.384. The van der Waals surface area contributed by atoms with Crippen LogP contribution in [0.25, 0.3) is 10.2 Å². The van der Waals surface area contributed by atoms with Crippen molar-refractivity contribution in [3.63, 3.8) is 0 Å². The van der Waals surface area contributed by atoms with E-state index in [2.05, 4.69) is 26.2 Å². The summed E-state index contributed by atoms with van der Waals surface area (Å²) in [5, 5.41) is 13.2. The number of para-hydroxylation sites is 1. The molecule has 0 aliphatic heterocycles. The maximum Gasteiger partial charge on any atom is 0.316 e. The van der Waals surface area contributed by atoms with Crippen molar-refractivity contribution in [1.82, 2.24) is 4.98 Å². The summed E-state index contributed by atoms with van der Waals surface area (Å²) in [7, 11) is 0. The Morgan fingerprint density at radius 1 is 1.29 bits per heavy atom. The molecule has 0 radical (unpaired) electrons. The van der Waals surface area contributed by atoms with Gasteiger partial charge in [0.25, 0.3) is 11.6 Å². The van der Waals surface area contributed by atoms with Crippen molar-refractivity contribution in [3.8, 4) is 0 Å². The zero-order chi connectivity index (χ0) is 20.1. The van der Waals surface area contributed by atoms with Gasteiger partial charge in [0, 0.05) is 16.6 Å². The van der Waals surface area contributed by atoms with E-state index >= 15 is 0 Å². The highest BCUT2D eigenvalue weighted by atomic mass is 79.9. The number of hydrogen-bond acceptors (Lipinski definition) is 8. The number of halogens is 1. The van der Waals surface area contributed by atoms with Crippen molar-refractivity contribution in [3.05, 3.63) is 57.1 Å². The summed E-state index contributed by atoms with van der Waals surface area (Å²) < 4.78 is 7.09. The van der Waals surface area contributed by atoms with E-state index in [1.54, 1.807) is 0 Å². The van der Waals surface area contributed by atoms with Gasteiger partial charge in [-0.3, -0.25) is 19.7 Å². The molecule has 0 fully saturated rings. The fraction of sp³-hybridized carbons (Fsp3) is 0.118. The molecule has 0 spiro atoms. The van der Waals surface area contributed by atoms with Crippen molar-refractivity contribution >= 4 is 72.5 Å². The number of esters is 1. The number of fused-ring (bicyclic) bond motifs is 1. The normalized spacial score (nSPS) is 10.6. The molecule has 11 heteroatoms. The molecule has 1 heterocycles. The number of carbonyl (C=O) groups excluding carboxylic acids is 2. The number of nitrogens with one attached hydrogen (secondary N) is 1. The van der Waals surface area contributed by atoms with Crippen LogP contribution in [-0.4, -0.2) is 34.1 Å². The summed E-state index contributed by atoms with van der Waals surface area (Å²) >= 11 is 5.88. The highest BCUT2D eigenvalue weighted by molar-refractivity contribution is 9.10. The van der Waals surface area contributed by atoms with Crippen molar-refractivity contribution < 1.29 is 19.2 Å². The molecule has 0 saturated carbocycles. The number of rotatable bonds is 7. The Hall–Kier alpha value is -2.50. The van der Waals surface area contributed by atoms with E-state index in [1.165, 1.54) is 41.3 Å². The van der Waals surface area contributed by atoms with Crippen molar-refractivity contribution in [1.29, 1.82) is 0 Å². The number of benzene rings is 2. The number of ether oxygens (including phenoxy) is 1. The first-order valence-corrected chi connectivity index (χ1v) is 10.4. The van der Waals surface area contributed by atoms with Gasteiger partial charge >= 0.3 is 5.97 Å². The average molecular weight is 482 g/mol. The Kier molecular flexibility index (Phi) is 6.60. The summed E-state index contributed by atoms with van der Waals surface area (Å²) in [6.45, 7) is -0.456. The second-order valence-electron chi connectivity index (χ2n) is 5.37. The van der Waals surface area contributed by atoms with Crippen molar-refractivity contribution in [2.75, 3.05) is 17.7 Å². The Morgan fingerprint density at radius 3 is 2.79 bits per heavy atom. The summed E-state index contributed by atoms with van der Waals surface area (Å²) in [5.41, 5.74) is 1.11. The standard InChI is InChI=1S/C17H12BrN3O5S2/c18-11-7-10(21(24)25)5-6-12(11)19-15(22)8-26-16(23)9-27-17-20-13-3-1-2-4-14(13)28-17/h1-7H,8-9H2,(H,19,22). The molecule has 144 valence electrons. The van der Waals surface area contributed by atoms with Crippen molar-refractivity contribution in [2.24, 2.45) is 0 Å². The van der Waals surface area contributed by atoms with Gasteiger partial charge < -0.3 is 10.1 Å². The summed E-state index contributed by atoms with van der Waals surface area (Å²) in [5.74, 6) is -1.05. The third kappa shape index (κ3) is 5.27. The van der Waals surface area contributed by atoms with Gasteiger partial charge in [0.05, 0.1) is 26.6 Å². The van der Waals surface area contributed by atoms with E-state index in [-0.39, 0.29) is 11.4 Å². The number of anilines is 1. The van der Waals surface area contributed by atoms with Crippen LogP contribution in [0.2, 0.25) is 0 Å². The third-order valence-electron chi connectivity index (χ3n) is 3.39. The predicted octanol–water partition coefficient (Wildman–Crippen LogP) is 4.24. The highest BCUT2D eigenvalue weighted by Gasteiger charge is 2.13. The smallest absolute Gasteiger partial charge is 0.316 e. The van der Waals surface area contributed by atoms with Crippen LogP contribution in [0.5, 0.6) is 0 Å². The Balaban J connectivity index is 1.46. The number of nitrogens with zero attached hydrogens (tertiary/aromatic N) is 2. The quantitative estimate of drug-likeness (QED) is 0.232. The first kappa shape index (κ1) is 20.2. The zero-order valence-corrected chi connectivity index (χ0v) is 17.3. The third-order valence-corrected chi connectivity index (χ3v) is 6.20. The lowest BCUT2D eigenvalue weighted by atomic mass is 10.3. The molecule has 0 aliphatic rings. The van der Waals surface area contributed by atoms with Gasteiger partial charge in [-0.25, -0.2) is 4.98 Å². The molecule has 1 amide bonds. The number of thioether (sulfide) groups is 1. The molecule has 2 aromatic carbocycles. The minimum atomic E-state index is -0.548. The van der Waals surface area contributed by atoms with Gasteiger partial charge in [-0.05, 0) is 34.1 Å². The maximum absolute atomic E-state index is 11.9. The fourth-order valence-electron chi connectivity index (χ4n) is 2.13. The van der Waals surface area contributed by atoms with Crippen LogP contribution >= 0.6 is 39.0 Å². The zero-order valence-electron chi connectivity index (χ0n) is 14.1. The minimum Gasteiger partial charge on any atom is -0.455 e. The van der Waals surface area contributed by atoms with Gasteiger partial charge in [-0.2, -0.15) is 0 Å². The molecule has 1 aromatic heterocycles. The topological polar surface area (TPSA) is 111 Å². The molecule has 0 bridgehead atoms. The van der Waals surface area contributed by atoms with E-state index in [9.17, 15) is 19.7 Å². The first-order valence-electron chi connectivity index (χ1n) is 7.80. The highest BCUT2D eigenvalue weighted by Crippen LogP contribution is 2.29. The number of nitro benzene ring substituents is 1. The van der Waals surface area contributed by atoms with Crippen LogP contribution in [0.3, 0.4) is 0 Å². The lowest BCUT2D eigenvalue weighted by Gasteiger charge is -2.08. The van der Waals surface area contributed by atoms with Crippen molar-refractivity contribution in [2.45, 2.75) is 4.34 Å². The Labute approximate surface area is 175 Å². The van der Waals surface area contributed by atoms with Crippen LogP contribution in [0.4, 0.5) is 11.4 Å². The van der Waals surface area contributed by atoms with E-state index in [4.69, 9.17) is 4.74 Å². The number of non-ortho nitro benzene ring substituents is 1. The number of nitro groups is 1. The molecule has 0 aliphatic carbocycles. The second kappa shape index (κ2) is 9.13. The molecule has 3 rings (SSSR count). The van der Waals surface area contributed by atoms with Gasteiger partial charge in [-0.15, -0.1) is 11.3 Å². The number of aromatic nitrogens is 1. The van der Waals surface area contributed by atoms with E-state index < -0.39 is 23.4 Å². The molecular weight excluding hydrogens is 470 g/mol. The molecule has 28 heavy (non-hydrogen) atoms. The van der Waals surface area contributed by atoms with Crippen LogP contribution in [-0.2, 0) is 14.3 Å².